The van der Waals surface area contributed by atoms with E-state index in [-0.39, 0.29) is 5.75 Å². The molecule has 0 spiro atoms. The maximum Gasteiger partial charge on any atom is 0.211 e. The van der Waals surface area contributed by atoms with Gasteiger partial charge in [0.15, 0.2) is 0 Å². The smallest absolute Gasteiger partial charge is 0.211 e. The first-order valence-corrected chi connectivity index (χ1v) is 6.62. The van der Waals surface area contributed by atoms with Crippen molar-refractivity contribution >= 4 is 10.0 Å². The minimum atomic E-state index is -3.01. The highest BCUT2D eigenvalue weighted by atomic mass is 32.2. The fourth-order valence-corrected chi connectivity index (χ4v) is 2.48. The molecule has 0 aliphatic carbocycles. The van der Waals surface area contributed by atoms with E-state index in [0.29, 0.717) is 5.92 Å². The van der Waals surface area contributed by atoms with Crippen molar-refractivity contribution in [2.24, 2.45) is 5.92 Å². The predicted octanol–water partition coefficient (Wildman–Crippen LogP) is 1.75. The summed E-state index contributed by atoms with van der Waals surface area (Å²) in [5.74, 6) is 0.595. The van der Waals surface area contributed by atoms with E-state index in [1.54, 1.807) is 0 Å². The third-order valence-electron chi connectivity index (χ3n) is 2.31. The Morgan fingerprint density at radius 2 is 1.92 bits per heavy atom. The molecule has 0 rings (SSSR count). The zero-order valence-corrected chi connectivity index (χ0v) is 9.65. The molecule has 0 bridgehead atoms. The van der Waals surface area contributed by atoms with Crippen LogP contribution in [0.15, 0.2) is 0 Å². The largest absolute Gasteiger partial charge is 0.218 e. The zero-order valence-electron chi connectivity index (χ0n) is 8.84. The summed E-state index contributed by atoms with van der Waals surface area (Å²) in [6.45, 7) is 4.17. The minimum Gasteiger partial charge on any atom is -0.218 e. The van der Waals surface area contributed by atoms with Gasteiger partial charge in [-0.05, 0) is 19.4 Å². The van der Waals surface area contributed by atoms with Crippen LogP contribution in [0.1, 0.15) is 39.5 Å². The maximum atomic E-state index is 11.2. The van der Waals surface area contributed by atoms with Crippen LogP contribution in [0.4, 0.5) is 0 Å². The van der Waals surface area contributed by atoms with Crippen molar-refractivity contribution in [1.29, 1.82) is 0 Å². The normalized spacial score (nSPS) is 14.4. The summed E-state index contributed by atoms with van der Waals surface area (Å²) in [5.41, 5.74) is 0. The molecule has 0 radical (unpaired) electrons. The summed E-state index contributed by atoms with van der Waals surface area (Å²) in [7, 11) is -1.54. The van der Waals surface area contributed by atoms with Crippen molar-refractivity contribution in [1.82, 2.24) is 4.72 Å². The number of hydrogen-bond donors (Lipinski definition) is 1. The van der Waals surface area contributed by atoms with Crippen molar-refractivity contribution in [2.75, 3.05) is 12.8 Å². The van der Waals surface area contributed by atoms with Gasteiger partial charge in [-0.3, -0.25) is 0 Å². The third kappa shape index (κ3) is 6.05. The lowest BCUT2D eigenvalue weighted by molar-refractivity contribution is 0.481. The Hall–Kier alpha value is -0.0900. The van der Waals surface area contributed by atoms with Gasteiger partial charge in [-0.2, -0.15) is 0 Å². The average molecular weight is 207 g/mol. The fourth-order valence-electron chi connectivity index (χ4n) is 1.29. The molecule has 80 valence electrons. The van der Waals surface area contributed by atoms with Crippen molar-refractivity contribution in [2.45, 2.75) is 39.5 Å². The zero-order chi connectivity index (χ0) is 10.3. The Bertz CT molecular complexity index is 212. The van der Waals surface area contributed by atoms with E-state index in [0.717, 1.165) is 25.7 Å². The summed E-state index contributed by atoms with van der Waals surface area (Å²) in [6.07, 6.45) is 4.22. The van der Waals surface area contributed by atoms with Crippen LogP contribution in [0.3, 0.4) is 0 Å². The second kappa shape index (κ2) is 6.38. The van der Waals surface area contributed by atoms with Crippen LogP contribution in [0.2, 0.25) is 0 Å². The van der Waals surface area contributed by atoms with E-state index in [1.807, 2.05) is 6.92 Å². The second-order valence-corrected chi connectivity index (χ2v) is 5.37. The molecule has 3 nitrogen and oxygen atoms in total. The van der Waals surface area contributed by atoms with Gasteiger partial charge in [0.2, 0.25) is 10.0 Å². The lowest BCUT2D eigenvalue weighted by Crippen LogP contribution is -2.26. The molecule has 0 aliphatic rings. The van der Waals surface area contributed by atoms with Gasteiger partial charge in [0.1, 0.15) is 0 Å². The average Bonchev–Trinajstić information content (AvgIpc) is 2.12. The van der Waals surface area contributed by atoms with Gasteiger partial charge in [-0.25, -0.2) is 13.1 Å². The molecule has 0 fully saturated rings. The van der Waals surface area contributed by atoms with E-state index < -0.39 is 10.0 Å². The molecule has 0 amide bonds. The maximum absolute atomic E-state index is 11.2. The Morgan fingerprint density at radius 1 is 1.31 bits per heavy atom. The Balaban J connectivity index is 3.97. The number of rotatable bonds is 7. The molecule has 1 N–H and O–H groups in total. The van der Waals surface area contributed by atoms with E-state index in [2.05, 4.69) is 11.6 Å². The summed E-state index contributed by atoms with van der Waals surface area (Å²) in [4.78, 5) is 0. The molecule has 0 saturated carbocycles. The Kier molecular flexibility index (Phi) is 6.33. The number of unbranched alkanes of at least 4 members (excludes halogenated alkanes) is 1. The van der Waals surface area contributed by atoms with Crippen LogP contribution in [0.5, 0.6) is 0 Å². The summed E-state index contributed by atoms with van der Waals surface area (Å²) in [5, 5.41) is 0. The molecule has 4 heteroatoms. The van der Waals surface area contributed by atoms with Crippen LogP contribution in [-0.2, 0) is 10.0 Å². The van der Waals surface area contributed by atoms with Crippen LogP contribution in [-0.4, -0.2) is 21.2 Å². The highest BCUT2D eigenvalue weighted by Gasteiger charge is 2.15. The van der Waals surface area contributed by atoms with Crippen LogP contribution in [0.25, 0.3) is 0 Å². The SMILES string of the molecule is CCCCC(CC)CS(=O)(=O)NC. The van der Waals surface area contributed by atoms with Crippen molar-refractivity contribution in [3.63, 3.8) is 0 Å². The van der Waals surface area contributed by atoms with Crippen molar-refractivity contribution in [3.8, 4) is 0 Å². The predicted molar refractivity (Wildman–Crippen MR) is 56.2 cm³/mol. The van der Waals surface area contributed by atoms with Crippen LogP contribution < -0.4 is 4.72 Å². The van der Waals surface area contributed by atoms with E-state index in [4.69, 9.17) is 0 Å². The number of nitrogens with one attached hydrogen (secondary N) is 1. The topological polar surface area (TPSA) is 46.2 Å². The number of hydrogen-bond acceptors (Lipinski definition) is 2. The monoisotopic (exact) mass is 207 g/mol. The second-order valence-electron chi connectivity index (χ2n) is 3.40. The van der Waals surface area contributed by atoms with Crippen LogP contribution >= 0.6 is 0 Å². The summed E-state index contributed by atoms with van der Waals surface area (Å²) < 4.78 is 24.8. The highest BCUT2D eigenvalue weighted by Crippen LogP contribution is 2.14. The van der Waals surface area contributed by atoms with Gasteiger partial charge in [0.25, 0.3) is 0 Å². The number of sulfonamides is 1. The van der Waals surface area contributed by atoms with Crippen LogP contribution in [0, 0.1) is 5.92 Å². The third-order valence-corrected chi connectivity index (χ3v) is 3.84. The molecule has 0 aliphatic heterocycles. The van der Waals surface area contributed by atoms with Gasteiger partial charge in [-0.15, -0.1) is 0 Å². The van der Waals surface area contributed by atoms with Crippen molar-refractivity contribution in [3.05, 3.63) is 0 Å². The molecule has 13 heavy (non-hydrogen) atoms. The van der Waals surface area contributed by atoms with Gasteiger partial charge in [0.05, 0.1) is 5.75 Å². The molecule has 0 heterocycles. The summed E-state index contributed by atoms with van der Waals surface area (Å²) >= 11 is 0. The lowest BCUT2D eigenvalue weighted by atomic mass is 10.0. The molecule has 0 aromatic heterocycles. The molecule has 1 atom stereocenters. The van der Waals surface area contributed by atoms with E-state index >= 15 is 0 Å². The molecule has 0 aromatic carbocycles. The summed E-state index contributed by atoms with van der Waals surface area (Å²) in [6, 6.07) is 0. The quantitative estimate of drug-likeness (QED) is 0.691. The minimum absolute atomic E-state index is 0.278. The molecule has 0 aromatic rings. The Morgan fingerprint density at radius 3 is 2.31 bits per heavy atom. The Labute approximate surface area is 82.0 Å². The highest BCUT2D eigenvalue weighted by molar-refractivity contribution is 7.89. The van der Waals surface area contributed by atoms with Gasteiger partial charge < -0.3 is 0 Å². The van der Waals surface area contributed by atoms with Gasteiger partial charge in [0, 0.05) is 0 Å². The van der Waals surface area contributed by atoms with E-state index in [9.17, 15) is 8.42 Å². The molecular weight excluding hydrogens is 186 g/mol. The standard InChI is InChI=1S/C9H21NO2S/c1-4-6-7-9(5-2)8-13(11,12)10-3/h9-10H,4-8H2,1-3H3. The van der Waals surface area contributed by atoms with E-state index in [1.165, 1.54) is 7.05 Å². The van der Waals surface area contributed by atoms with Gasteiger partial charge in [-0.1, -0.05) is 33.1 Å². The van der Waals surface area contributed by atoms with Gasteiger partial charge >= 0.3 is 0 Å². The first-order valence-electron chi connectivity index (χ1n) is 4.97. The van der Waals surface area contributed by atoms with Crippen molar-refractivity contribution < 1.29 is 8.42 Å². The molecular formula is C9H21NO2S. The lowest BCUT2D eigenvalue weighted by Gasteiger charge is -2.13. The first-order chi connectivity index (χ1) is 6.05. The fraction of sp³-hybridized carbons (Fsp3) is 1.00. The first kappa shape index (κ1) is 12.9. The molecule has 1 unspecified atom stereocenters. The molecule has 0 saturated heterocycles.